The summed E-state index contributed by atoms with van der Waals surface area (Å²) in [6.45, 7) is 6.90. The largest absolute Gasteiger partial charge is 0.496 e. The lowest BCUT2D eigenvalue weighted by Gasteiger charge is -2.32. The zero-order valence-electron chi connectivity index (χ0n) is 17.6. The normalized spacial score (nSPS) is 16.4. The highest BCUT2D eigenvalue weighted by molar-refractivity contribution is 6.30. The number of nitrogens with one attached hydrogen (secondary N) is 1. The molecule has 0 unspecified atom stereocenters. The summed E-state index contributed by atoms with van der Waals surface area (Å²) in [4.78, 5) is 15.3. The molecular formula is C24H31ClN2O2. The van der Waals surface area contributed by atoms with Gasteiger partial charge in [0.05, 0.1) is 13.2 Å². The number of hydrogen-bond acceptors (Lipinski definition) is 3. The molecule has 2 aromatic carbocycles. The number of carbonyl (C=O) groups excluding carboxylic acids is 1. The second kappa shape index (κ2) is 10.1. The lowest BCUT2D eigenvalue weighted by Crippen LogP contribution is -2.41. The van der Waals surface area contributed by atoms with Gasteiger partial charge < -0.3 is 10.1 Å². The van der Waals surface area contributed by atoms with Crippen LogP contribution in [0.2, 0.25) is 5.02 Å². The van der Waals surface area contributed by atoms with E-state index in [-0.39, 0.29) is 17.9 Å². The average molecular weight is 415 g/mol. The number of amides is 1. The highest BCUT2D eigenvalue weighted by atomic mass is 35.5. The van der Waals surface area contributed by atoms with Gasteiger partial charge in [-0.1, -0.05) is 42.8 Å². The van der Waals surface area contributed by atoms with Gasteiger partial charge in [0.2, 0.25) is 5.91 Å². The molecule has 0 radical (unpaired) electrons. The van der Waals surface area contributed by atoms with Crippen molar-refractivity contribution < 1.29 is 9.53 Å². The number of methoxy groups -OCH3 is 1. The predicted molar refractivity (Wildman–Crippen MR) is 118 cm³/mol. The fraction of sp³-hybridized carbons (Fsp3) is 0.458. The van der Waals surface area contributed by atoms with E-state index in [4.69, 9.17) is 16.3 Å². The standard InChI is InChI=1S/C24H31ClN2O2/c1-4-22(20-8-9-23(29-3)17(2)14-20)26-24(28)19-10-12-27(13-11-19)16-18-6-5-7-21(25)15-18/h5-9,14-15,19,22H,4,10-13,16H2,1-3H3,(H,26,28)/t22-/m1/s1. The number of aryl methyl sites for hydroxylation is 1. The van der Waals surface area contributed by atoms with Gasteiger partial charge in [-0.05, 0) is 74.2 Å². The van der Waals surface area contributed by atoms with E-state index < -0.39 is 0 Å². The first-order valence-electron chi connectivity index (χ1n) is 10.4. The first-order valence-corrected chi connectivity index (χ1v) is 10.8. The van der Waals surface area contributed by atoms with Gasteiger partial charge >= 0.3 is 0 Å². The number of carbonyl (C=O) groups is 1. The fourth-order valence-corrected chi connectivity index (χ4v) is 4.29. The van der Waals surface area contributed by atoms with Gasteiger partial charge in [0.1, 0.15) is 5.75 Å². The molecule has 1 saturated heterocycles. The highest BCUT2D eigenvalue weighted by Crippen LogP contribution is 2.26. The number of ether oxygens (including phenoxy) is 1. The molecule has 4 nitrogen and oxygen atoms in total. The number of likely N-dealkylation sites (tertiary alicyclic amines) is 1. The molecule has 0 bridgehead atoms. The molecule has 3 rings (SSSR count). The van der Waals surface area contributed by atoms with Crippen LogP contribution >= 0.6 is 11.6 Å². The maximum Gasteiger partial charge on any atom is 0.223 e. The van der Waals surface area contributed by atoms with Crippen molar-refractivity contribution in [2.45, 2.75) is 45.7 Å². The molecule has 1 aliphatic rings. The Labute approximate surface area is 179 Å². The zero-order chi connectivity index (χ0) is 20.8. The molecule has 0 saturated carbocycles. The Morgan fingerprint density at radius 2 is 2.00 bits per heavy atom. The van der Waals surface area contributed by atoms with Crippen molar-refractivity contribution in [2.24, 2.45) is 5.92 Å². The van der Waals surface area contributed by atoms with E-state index in [0.29, 0.717) is 0 Å². The molecular weight excluding hydrogens is 384 g/mol. The number of rotatable bonds is 7. The van der Waals surface area contributed by atoms with Gasteiger partial charge in [0.15, 0.2) is 0 Å². The summed E-state index contributed by atoms with van der Waals surface area (Å²) in [6.07, 6.45) is 2.65. The topological polar surface area (TPSA) is 41.6 Å². The van der Waals surface area contributed by atoms with E-state index >= 15 is 0 Å². The van der Waals surface area contributed by atoms with Crippen molar-refractivity contribution in [3.05, 3.63) is 64.2 Å². The minimum atomic E-state index is 0.0385. The van der Waals surface area contributed by atoms with Gasteiger partial charge in [-0.15, -0.1) is 0 Å². The van der Waals surface area contributed by atoms with Crippen LogP contribution in [0.15, 0.2) is 42.5 Å². The van der Waals surface area contributed by atoms with Gasteiger partial charge in [0, 0.05) is 17.5 Å². The Kier molecular flexibility index (Phi) is 7.57. The number of benzene rings is 2. The first kappa shape index (κ1) is 21.7. The third kappa shape index (κ3) is 5.74. The second-order valence-electron chi connectivity index (χ2n) is 7.88. The van der Waals surface area contributed by atoms with Crippen molar-refractivity contribution in [3.8, 4) is 5.75 Å². The molecule has 1 aliphatic heterocycles. The molecule has 0 aliphatic carbocycles. The van der Waals surface area contributed by atoms with Crippen LogP contribution in [0, 0.1) is 12.8 Å². The maximum atomic E-state index is 12.9. The van der Waals surface area contributed by atoms with Crippen LogP contribution < -0.4 is 10.1 Å². The summed E-state index contributed by atoms with van der Waals surface area (Å²) < 4.78 is 5.35. The molecule has 1 fully saturated rings. The van der Waals surface area contributed by atoms with Crippen LogP contribution in [0.1, 0.15) is 48.9 Å². The Hall–Kier alpha value is -2.04. The zero-order valence-corrected chi connectivity index (χ0v) is 18.3. The molecule has 1 atom stereocenters. The van der Waals surface area contributed by atoms with E-state index in [0.717, 1.165) is 60.8 Å². The summed E-state index contributed by atoms with van der Waals surface area (Å²) >= 11 is 6.09. The Bertz CT molecular complexity index is 831. The van der Waals surface area contributed by atoms with E-state index in [9.17, 15) is 4.79 Å². The minimum Gasteiger partial charge on any atom is -0.496 e. The third-order valence-corrected chi connectivity index (χ3v) is 6.03. The van der Waals surface area contributed by atoms with Crippen molar-refractivity contribution in [3.63, 3.8) is 0 Å². The predicted octanol–water partition coefficient (Wildman–Crippen LogP) is 5.14. The first-order chi connectivity index (χ1) is 14.0. The Balaban J connectivity index is 1.53. The number of nitrogens with zero attached hydrogens (tertiary/aromatic N) is 1. The van der Waals surface area contributed by atoms with Crippen LogP contribution in [0.3, 0.4) is 0 Å². The molecule has 1 heterocycles. The SMILES string of the molecule is CC[C@@H](NC(=O)C1CCN(Cc2cccc(Cl)c2)CC1)c1ccc(OC)c(C)c1. The summed E-state index contributed by atoms with van der Waals surface area (Å²) in [5.41, 5.74) is 3.45. The summed E-state index contributed by atoms with van der Waals surface area (Å²) in [6, 6.07) is 14.2. The number of halogens is 1. The monoisotopic (exact) mass is 414 g/mol. The minimum absolute atomic E-state index is 0.0385. The van der Waals surface area contributed by atoms with Gasteiger partial charge in [0.25, 0.3) is 0 Å². The lowest BCUT2D eigenvalue weighted by atomic mass is 9.94. The second-order valence-corrected chi connectivity index (χ2v) is 8.32. The molecule has 0 spiro atoms. The van der Waals surface area contributed by atoms with Crippen LogP contribution in [0.5, 0.6) is 5.75 Å². The van der Waals surface area contributed by atoms with E-state index in [1.807, 2.05) is 37.3 Å². The van der Waals surface area contributed by atoms with Crippen LogP contribution in [-0.2, 0) is 11.3 Å². The van der Waals surface area contributed by atoms with Crippen molar-refractivity contribution in [1.82, 2.24) is 10.2 Å². The third-order valence-electron chi connectivity index (χ3n) is 5.80. The molecule has 1 N–H and O–H groups in total. The summed E-state index contributed by atoms with van der Waals surface area (Å²) in [5, 5.41) is 4.05. The smallest absolute Gasteiger partial charge is 0.223 e. The van der Waals surface area contributed by atoms with Crippen LogP contribution in [0.4, 0.5) is 0 Å². The van der Waals surface area contributed by atoms with Gasteiger partial charge in [-0.2, -0.15) is 0 Å². The van der Waals surface area contributed by atoms with Crippen molar-refractivity contribution in [1.29, 1.82) is 0 Å². The highest BCUT2D eigenvalue weighted by Gasteiger charge is 2.26. The number of hydrogen-bond donors (Lipinski definition) is 1. The maximum absolute atomic E-state index is 12.9. The molecule has 2 aromatic rings. The lowest BCUT2D eigenvalue weighted by molar-refractivity contribution is -0.127. The van der Waals surface area contributed by atoms with Crippen molar-refractivity contribution in [2.75, 3.05) is 20.2 Å². The molecule has 5 heteroatoms. The van der Waals surface area contributed by atoms with E-state index in [2.05, 4.69) is 29.3 Å². The quantitative estimate of drug-likeness (QED) is 0.682. The van der Waals surface area contributed by atoms with Crippen LogP contribution in [0.25, 0.3) is 0 Å². The van der Waals surface area contributed by atoms with Gasteiger partial charge in [-0.25, -0.2) is 0 Å². The number of piperidine rings is 1. The molecule has 1 amide bonds. The van der Waals surface area contributed by atoms with E-state index in [1.54, 1.807) is 7.11 Å². The Morgan fingerprint density at radius 3 is 2.62 bits per heavy atom. The molecule has 29 heavy (non-hydrogen) atoms. The average Bonchev–Trinajstić information content (AvgIpc) is 2.72. The fourth-order valence-electron chi connectivity index (χ4n) is 4.08. The molecule has 0 aromatic heterocycles. The summed E-state index contributed by atoms with van der Waals surface area (Å²) in [5.74, 6) is 1.13. The Morgan fingerprint density at radius 1 is 1.24 bits per heavy atom. The van der Waals surface area contributed by atoms with Gasteiger partial charge in [-0.3, -0.25) is 9.69 Å². The van der Waals surface area contributed by atoms with Crippen molar-refractivity contribution >= 4 is 17.5 Å². The summed E-state index contributed by atoms with van der Waals surface area (Å²) in [7, 11) is 1.68. The van der Waals surface area contributed by atoms with E-state index in [1.165, 1.54) is 5.56 Å². The molecule has 156 valence electrons. The van der Waals surface area contributed by atoms with Crippen LogP contribution in [-0.4, -0.2) is 31.0 Å².